The van der Waals surface area contributed by atoms with E-state index in [0.29, 0.717) is 11.6 Å². The van der Waals surface area contributed by atoms with Crippen LogP contribution in [0.5, 0.6) is 0 Å². The van der Waals surface area contributed by atoms with E-state index in [1.165, 1.54) is 5.56 Å². The molecule has 19 heavy (non-hydrogen) atoms. The van der Waals surface area contributed by atoms with E-state index in [1.807, 2.05) is 36.4 Å². The summed E-state index contributed by atoms with van der Waals surface area (Å²) in [5, 5.41) is 5.57. The van der Waals surface area contributed by atoms with Crippen LogP contribution in [0.25, 0.3) is 0 Å². The molecule has 0 fully saturated rings. The summed E-state index contributed by atoms with van der Waals surface area (Å²) in [6, 6.07) is 13.4. The van der Waals surface area contributed by atoms with Gasteiger partial charge in [0.05, 0.1) is 0 Å². The van der Waals surface area contributed by atoms with Crippen LogP contribution in [0.1, 0.15) is 11.1 Å². The lowest BCUT2D eigenvalue weighted by atomic mass is 10.1. The summed E-state index contributed by atoms with van der Waals surface area (Å²) >= 11 is 17.9. The van der Waals surface area contributed by atoms with Crippen molar-refractivity contribution in [2.24, 2.45) is 0 Å². The molecule has 2 rings (SSSR count). The van der Waals surface area contributed by atoms with E-state index in [2.05, 4.69) is 5.32 Å². The maximum Gasteiger partial charge on any atom is 0.0451 e. The van der Waals surface area contributed by atoms with Crippen molar-refractivity contribution in [3.8, 4) is 0 Å². The highest BCUT2D eigenvalue weighted by Gasteiger charge is 2.01. The van der Waals surface area contributed by atoms with Gasteiger partial charge < -0.3 is 5.32 Å². The molecule has 0 radical (unpaired) electrons. The monoisotopic (exact) mass is 313 g/mol. The molecule has 2 aromatic carbocycles. The van der Waals surface area contributed by atoms with Gasteiger partial charge in [0.1, 0.15) is 0 Å². The lowest BCUT2D eigenvalue weighted by Gasteiger charge is -2.07. The Balaban J connectivity index is 1.80. The number of benzene rings is 2. The van der Waals surface area contributed by atoms with Crippen molar-refractivity contribution < 1.29 is 0 Å². The van der Waals surface area contributed by atoms with Crippen molar-refractivity contribution in [2.75, 3.05) is 6.54 Å². The Bertz CT molecular complexity index is 538. The highest BCUT2D eigenvalue weighted by atomic mass is 35.5. The largest absolute Gasteiger partial charge is 0.312 e. The Morgan fingerprint density at radius 1 is 0.842 bits per heavy atom. The lowest BCUT2D eigenvalue weighted by Crippen LogP contribution is -2.16. The van der Waals surface area contributed by atoms with Gasteiger partial charge in [-0.25, -0.2) is 0 Å². The molecule has 0 aliphatic rings. The number of halogens is 3. The van der Waals surface area contributed by atoms with Crippen LogP contribution < -0.4 is 5.32 Å². The second-order valence-electron chi connectivity index (χ2n) is 4.29. The molecule has 0 aromatic heterocycles. The zero-order valence-electron chi connectivity index (χ0n) is 10.3. The number of hydrogen-bond donors (Lipinski definition) is 1. The molecule has 2 aromatic rings. The molecule has 4 heteroatoms. The summed E-state index contributed by atoms with van der Waals surface area (Å²) in [4.78, 5) is 0. The SMILES string of the molecule is Clc1ccc(CCNCc2cc(Cl)ccc2Cl)cc1. The van der Waals surface area contributed by atoms with Gasteiger partial charge in [-0.2, -0.15) is 0 Å². The summed E-state index contributed by atoms with van der Waals surface area (Å²) in [5.41, 5.74) is 2.28. The van der Waals surface area contributed by atoms with Gasteiger partial charge in [-0.3, -0.25) is 0 Å². The molecule has 0 unspecified atom stereocenters. The van der Waals surface area contributed by atoms with Gasteiger partial charge in [-0.15, -0.1) is 0 Å². The average molecular weight is 315 g/mol. The van der Waals surface area contributed by atoms with Gasteiger partial charge in [0.2, 0.25) is 0 Å². The van der Waals surface area contributed by atoms with E-state index >= 15 is 0 Å². The van der Waals surface area contributed by atoms with E-state index in [-0.39, 0.29) is 0 Å². The second-order valence-corrected chi connectivity index (χ2v) is 5.57. The smallest absolute Gasteiger partial charge is 0.0451 e. The quantitative estimate of drug-likeness (QED) is 0.768. The third-order valence-corrected chi connectivity index (χ3v) is 3.68. The number of hydrogen-bond acceptors (Lipinski definition) is 1. The van der Waals surface area contributed by atoms with Crippen LogP contribution in [0.15, 0.2) is 42.5 Å². The van der Waals surface area contributed by atoms with Crippen LogP contribution >= 0.6 is 34.8 Å². The van der Waals surface area contributed by atoms with Gasteiger partial charge in [-0.1, -0.05) is 46.9 Å². The van der Waals surface area contributed by atoms with Gasteiger partial charge >= 0.3 is 0 Å². The van der Waals surface area contributed by atoms with Crippen molar-refractivity contribution in [1.82, 2.24) is 5.32 Å². The molecule has 0 heterocycles. The van der Waals surface area contributed by atoms with Crippen LogP contribution in [0.4, 0.5) is 0 Å². The van der Waals surface area contributed by atoms with E-state index in [9.17, 15) is 0 Å². The van der Waals surface area contributed by atoms with Gasteiger partial charge in [0.25, 0.3) is 0 Å². The second kappa shape index (κ2) is 7.16. The Morgan fingerprint density at radius 2 is 1.53 bits per heavy atom. The minimum absolute atomic E-state index is 0.707. The van der Waals surface area contributed by atoms with Crippen molar-refractivity contribution >= 4 is 34.8 Å². The van der Waals surface area contributed by atoms with Crippen molar-refractivity contribution in [3.63, 3.8) is 0 Å². The molecule has 0 spiro atoms. The maximum absolute atomic E-state index is 6.10. The van der Waals surface area contributed by atoms with Crippen molar-refractivity contribution in [2.45, 2.75) is 13.0 Å². The first kappa shape index (κ1) is 14.7. The molecule has 1 nitrogen and oxygen atoms in total. The predicted molar refractivity (Wildman–Crippen MR) is 83.3 cm³/mol. The third-order valence-electron chi connectivity index (χ3n) is 2.83. The van der Waals surface area contributed by atoms with Crippen molar-refractivity contribution in [1.29, 1.82) is 0 Å². The Morgan fingerprint density at radius 3 is 2.26 bits per heavy atom. The summed E-state index contributed by atoms with van der Waals surface area (Å²) < 4.78 is 0. The minimum atomic E-state index is 0.707. The maximum atomic E-state index is 6.10. The predicted octanol–water partition coefficient (Wildman–Crippen LogP) is 4.98. The normalized spacial score (nSPS) is 10.7. The van der Waals surface area contributed by atoms with E-state index < -0.39 is 0 Å². The fourth-order valence-corrected chi connectivity index (χ4v) is 2.29. The molecule has 100 valence electrons. The van der Waals surface area contributed by atoms with Crippen LogP contribution in [-0.2, 0) is 13.0 Å². The molecule has 0 saturated heterocycles. The molecular formula is C15H14Cl3N. The molecule has 0 aliphatic carbocycles. The summed E-state index contributed by atoms with van der Waals surface area (Å²) in [6.07, 6.45) is 0.954. The third kappa shape index (κ3) is 4.70. The summed E-state index contributed by atoms with van der Waals surface area (Å²) in [6.45, 7) is 1.59. The summed E-state index contributed by atoms with van der Waals surface area (Å²) in [5.74, 6) is 0. The molecule has 1 N–H and O–H groups in total. The first-order valence-electron chi connectivity index (χ1n) is 6.04. The van der Waals surface area contributed by atoms with Crippen LogP contribution in [-0.4, -0.2) is 6.54 Å². The van der Waals surface area contributed by atoms with E-state index in [4.69, 9.17) is 34.8 Å². The van der Waals surface area contributed by atoms with E-state index in [1.54, 1.807) is 6.07 Å². The molecule has 0 amide bonds. The topological polar surface area (TPSA) is 12.0 Å². The van der Waals surface area contributed by atoms with Gasteiger partial charge in [0.15, 0.2) is 0 Å². The Kier molecular flexibility index (Phi) is 5.53. The molecular weight excluding hydrogens is 301 g/mol. The molecule has 0 aliphatic heterocycles. The summed E-state index contributed by atoms with van der Waals surface area (Å²) in [7, 11) is 0. The number of nitrogens with one attached hydrogen (secondary N) is 1. The fraction of sp³-hybridized carbons (Fsp3) is 0.200. The molecule has 0 saturated carbocycles. The van der Waals surface area contributed by atoms with Crippen LogP contribution in [0.3, 0.4) is 0 Å². The van der Waals surface area contributed by atoms with E-state index in [0.717, 1.165) is 28.6 Å². The standard InChI is InChI=1S/C15H14Cl3N/c16-13-3-1-11(2-4-13)7-8-19-10-12-9-14(17)5-6-15(12)18/h1-6,9,19H,7-8,10H2. The van der Waals surface area contributed by atoms with Gasteiger partial charge in [0, 0.05) is 21.6 Å². The molecule has 0 bridgehead atoms. The first-order valence-corrected chi connectivity index (χ1v) is 7.17. The minimum Gasteiger partial charge on any atom is -0.312 e. The average Bonchev–Trinajstić information content (AvgIpc) is 2.40. The number of rotatable bonds is 5. The van der Waals surface area contributed by atoms with Crippen LogP contribution in [0, 0.1) is 0 Å². The zero-order chi connectivity index (χ0) is 13.7. The van der Waals surface area contributed by atoms with Gasteiger partial charge in [-0.05, 0) is 54.4 Å². The zero-order valence-corrected chi connectivity index (χ0v) is 12.6. The first-order chi connectivity index (χ1) is 9.15. The highest BCUT2D eigenvalue weighted by molar-refractivity contribution is 6.33. The Hall–Kier alpha value is -0.730. The fourth-order valence-electron chi connectivity index (χ4n) is 1.79. The lowest BCUT2D eigenvalue weighted by molar-refractivity contribution is 0.687. The highest BCUT2D eigenvalue weighted by Crippen LogP contribution is 2.20. The van der Waals surface area contributed by atoms with Crippen LogP contribution in [0.2, 0.25) is 15.1 Å². The van der Waals surface area contributed by atoms with Crippen molar-refractivity contribution in [3.05, 3.63) is 68.7 Å². The Labute approximate surface area is 128 Å². The molecule has 0 atom stereocenters.